The van der Waals surface area contributed by atoms with Crippen molar-refractivity contribution < 1.29 is 13.2 Å². The molecule has 1 rings (SSSR count). The van der Waals surface area contributed by atoms with Crippen LogP contribution in [0.1, 0.15) is 24.8 Å². The molecule has 0 aromatic heterocycles. The lowest BCUT2D eigenvalue weighted by molar-refractivity contribution is -0.135. The first-order valence-electron chi connectivity index (χ1n) is 6.66. The summed E-state index contributed by atoms with van der Waals surface area (Å²) in [6.07, 6.45) is -4.26. The molecule has 0 aliphatic carbocycles. The summed E-state index contributed by atoms with van der Waals surface area (Å²) < 4.78 is 35.9. The Bertz CT molecular complexity index is 450. The van der Waals surface area contributed by atoms with E-state index in [9.17, 15) is 13.2 Å². The number of alkyl halides is 3. The molecule has 0 fully saturated rings. The molecular formula is C14H20ClF3IN3. The van der Waals surface area contributed by atoms with Crippen LogP contribution in [-0.4, -0.2) is 25.7 Å². The molecule has 22 heavy (non-hydrogen) atoms. The van der Waals surface area contributed by atoms with Crippen LogP contribution in [-0.2, 0) is 6.54 Å². The standard InChI is InChI=1S/C14H19ClF3N3.HI/c1-19-13(20-9-3-2-8-14(16,17)18)21-10-11-4-6-12(15)7-5-11;/h4-7H,2-3,8-10H2,1H3,(H2,19,20,21);1H. The van der Waals surface area contributed by atoms with E-state index in [4.69, 9.17) is 11.6 Å². The molecule has 2 N–H and O–H groups in total. The molecule has 0 saturated carbocycles. The van der Waals surface area contributed by atoms with Gasteiger partial charge < -0.3 is 10.6 Å². The third kappa shape index (κ3) is 10.1. The second-order valence-electron chi connectivity index (χ2n) is 4.55. The molecule has 0 spiro atoms. The third-order valence-electron chi connectivity index (χ3n) is 2.78. The second kappa shape index (κ2) is 10.9. The van der Waals surface area contributed by atoms with Crippen molar-refractivity contribution in [1.82, 2.24) is 10.6 Å². The lowest BCUT2D eigenvalue weighted by atomic mass is 10.2. The van der Waals surface area contributed by atoms with E-state index in [-0.39, 0.29) is 30.4 Å². The third-order valence-corrected chi connectivity index (χ3v) is 3.03. The van der Waals surface area contributed by atoms with Gasteiger partial charge in [0.2, 0.25) is 0 Å². The number of halogens is 5. The van der Waals surface area contributed by atoms with Gasteiger partial charge in [-0.2, -0.15) is 13.2 Å². The van der Waals surface area contributed by atoms with E-state index in [1.54, 1.807) is 19.2 Å². The molecule has 126 valence electrons. The van der Waals surface area contributed by atoms with Crippen LogP contribution in [0.25, 0.3) is 0 Å². The summed E-state index contributed by atoms with van der Waals surface area (Å²) in [5.41, 5.74) is 1.04. The molecule has 0 heterocycles. The van der Waals surface area contributed by atoms with E-state index in [0.717, 1.165) is 5.56 Å². The smallest absolute Gasteiger partial charge is 0.356 e. The van der Waals surface area contributed by atoms with Crippen molar-refractivity contribution in [2.75, 3.05) is 13.6 Å². The molecule has 1 aromatic carbocycles. The normalized spacial score (nSPS) is 11.8. The quantitative estimate of drug-likeness (QED) is 0.293. The number of nitrogens with zero attached hydrogens (tertiary/aromatic N) is 1. The molecule has 0 amide bonds. The zero-order valence-electron chi connectivity index (χ0n) is 12.2. The van der Waals surface area contributed by atoms with Gasteiger partial charge in [-0.1, -0.05) is 23.7 Å². The Labute approximate surface area is 150 Å². The van der Waals surface area contributed by atoms with Gasteiger partial charge in [-0.25, -0.2) is 0 Å². The monoisotopic (exact) mass is 449 g/mol. The minimum Gasteiger partial charge on any atom is -0.356 e. The average molecular weight is 450 g/mol. The van der Waals surface area contributed by atoms with Gasteiger partial charge in [0.05, 0.1) is 0 Å². The predicted molar refractivity (Wildman–Crippen MR) is 95.0 cm³/mol. The maximum absolute atomic E-state index is 12.0. The largest absolute Gasteiger partial charge is 0.389 e. The summed E-state index contributed by atoms with van der Waals surface area (Å²) in [7, 11) is 1.62. The van der Waals surface area contributed by atoms with Crippen molar-refractivity contribution in [1.29, 1.82) is 0 Å². The molecule has 0 aliphatic heterocycles. The van der Waals surface area contributed by atoms with Gasteiger partial charge in [-0.3, -0.25) is 4.99 Å². The Morgan fingerprint density at radius 2 is 1.77 bits per heavy atom. The number of unbranched alkanes of at least 4 members (excludes halogenated alkanes) is 1. The van der Waals surface area contributed by atoms with Crippen LogP contribution in [0.3, 0.4) is 0 Å². The first-order valence-corrected chi connectivity index (χ1v) is 7.04. The van der Waals surface area contributed by atoms with E-state index in [1.807, 2.05) is 12.1 Å². The zero-order chi connectivity index (χ0) is 15.7. The molecule has 0 unspecified atom stereocenters. The van der Waals surface area contributed by atoms with E-state index in [2.05, 4.69) is 15.6 Å². The zero-order valence-corrected chi connectivity index (χ0v) is 15.3. The first-order chi connectivity index (χ1) is 9.90. The van der Waals surface area contributed by atoms with Gasteiger partial charge >= 0.3 is 6.18 Å². The Morgan fingerprint density at radius 3 is 2.32 bits per heavy atom. The Balaban J connectivity index is 0.00000441. The minimum absolute atomic E-state index is 0. The number of hydrogen-bond donors (Lipinski definition) is 2. The molecule has 1 aromatic rings. The highest BCUT2D eigenvalue weighted by molar-refractivity contribution is 14.0. The SMILES string of the molecule is CN=C(NCCCCC(F)(F)F)NCc1ccc(Cl)cc1.I. The van der Waals surface area contributed by atoms with Gasteiger partial charge in [0, 0.05) is 31.6 Å². The molecule has 0 saturated heterocycles. The number of nitrogens with one attached hydrogen (secondary N) is 2. The topological polar surface area (TPSA) is 36.4 Å². The van der Waals surface area contributed by atoms with Crippen LogP contribution in [0.5, 0.6) is 0 Å². The van der Waals surface area contributed by atoms with Crippen LogP contribution in [0.15, 0.2) is 29.3 Å². The summed E-state index contributed by atoms with van der Waals surface area (Å²) in [6.45, 7) is 1.02. The molecule has 0 atom stereocenters. The van der Waals surface area contributed by atoms with Gasteiger partial charge in [0.15, 0.2) is 5.96 Å². The number of aliphatic imine (C=N–C) groups is 1. The lowest BCUT2D eigenvalue weighted by Crippen LogP contribution is -2.37. The maximum Gasteiger partial charge on any atom is 0.389 e. The average Bonchev–Trinajstić information content (AvgIpc) is 2.42. The fourth-order valence-corrected chi connectivity index (χ4v) is 1.79. The van der Waals surface area contributed by atoms with Crippen molar-refractivity contribution >= 4 is 41.5 Å². The van der Waals surface area contributed by atoms with Crippen molar-refractivity contribution in [2.24, 2.45) is 4.99 Å². The summed E-state index contributed by atoms with van der Waals surface area (Å²) in [4.78, 5) is 4.01. The van der Waals surface area contributed by atoms with E-state index >= 15 is 0 Å². The number of guanidine groups is 1. The lowest BCUT2D eigenvalue weighted by Gasteiger charge is -2.12. The summed E-state index contributed by atoms with van der Waals surface area (Å²) in [6, 6.07) is 7.38. The Kier molecular flexibility index (Phi) is 10.6. The van der Waals surface area contributed by atoms with E-state index in [0.29, 0.717) is 30.5 Å². The van der Waals surface area contributed by atoms with Crippen molar-refractivity contribution in [3.63, 3.8) is 0 Å². The highest BCUT2D eigenvalue weighted by atomic mass is 127. The molecule has 0 bridgehead atoms. The van der Waals surface area contributed by atoms with Gasteiger partial charge in [0.1, 0.15) is 0 Å². The van der Waals surface area contributed by atoms with E-state index < -0.39 is 12.6 Å². The Hall–Kier alpha value is -0.700. The summed E-state index contributed by atoms with van der Waals surface area (Å²) in [5, 5.41) is 6.74. The summed E-state index contributed by atoms with van der Waals surface area (Å²) >= 11 is 5.80. The number of benzene rings is 1. The van der Waals surface area contributed by atoms with Gasteiger partial charge in [-0.05, 0) is 30.5 Å². The highest BCUT2D eigenvalue weighted by Crippen LogP contribution is 2.21. The molecule has 8 heteroatoms. The first kappa shape index (κ1) is 21.3. The van der Waals surface area contributed by atoms with Crippen LogP contribution >= 0.6 is 35.6 Å². The number of rotatable bonds is 6. The van der Waals surface area contributed by atoms with Crippen molar-refractivity contribution in [3.05, 3.63) is 34.9 Å². The van der Waals surface area contributed by atoms with Crippen LogP contribution in [0.2, 0.25) is 5.02 Å². The van der Waals surface area contributed by atoms with Crippen LogP contribution in [0, 0.1) is 0 Å². The molecule has 0 aliphatic rings. The van der Waals surface area contributed by atoms with Crippen molar-refractivity contribution in [2.45, 2.75) is 32.0 Å². The number of hydrogen-bond acceptors (Lipinski definition) is 1. The predicted octanol–water partition coefficient (Wildman–Crippen LogP) is 4.36. The van der Waals surface area contributed by atoms with Crippen LogP contribution < -0.4 is 10.6 Å². The van der Waals surface area contributed by atoms with Gasteiger partial charge in [0.25, 0.3) is 0 Å². The maximum atomic E-state index is 12.0. The molecule has 0 radical (unpaired) electrons. The van der Waals surface area contributed by atoms with Gasteiger partial charge in [-0.15, -0.1) is 24.0 Å². The Morgan fingerprint density at radius 1 is 1.14 bits per heavy atom. The fraction of sp³-hybridized carbons (Fsp3) is 0.500. The minimum atomic E-state index is -4.07. The summed E-state index contributed by atoms with van der Waals surface area (Å²) in [5.74, 6) is 0.567. The fourth-order valence-electron chi connectivity index (χ4n) is 1.67. The molecule has 3 nitrogen and oxygen atoms in total. The second-order valence-corrected chi connectivity index (χ2v) is 4.99. The van der Waals surface area contributed by atoms with Crippen molar-refractivity contribution in [3.8, 4) is 0 Å². The highest BCUT2D eigenvalue weighted by Gasteiger charge is 2.25. The molecular weight excluding hydrogens is 430 g/mol. The van der Waals surface area contributed by atoms with E-state index in [1.165, 1.54) is 0 Å². The van der Waals surface area contributed by atoms with Crippen LogP contribution in [0.4, 0.5) is 13.2 Å².